The molecule has 0 bridgehead atoms. The Balaban J connectivity index is 0.000000433. The SMILES string of the molecule is C=CC(=O)OC(C)(C)C.CCC(C)=CCC1CCCC(O)C1. The van der Waals surface area contributed by atoms with Crippen LogP contribution in [0, 0.1) is 5.92 Å². The van der Waals surface area contributed by atoms with E-state index in [0.29, 0.717) is 0 Å². The monoisotopic (exact) mass is 310 g/mol. The Morgan fingerprint density at radius 3 is 2.41 bits per heavy atom. The molecule has 3 nitrogen and oxygen atoms in total. The maximum atomic E-state index is 10.5. The van der Waals surface area contributed by atoms with Gasteiger partial charge in [-0.3, -0.25) is 0 Å². The maximum Gasteiger partial charge on any atom is 0.330 e. The predicted octanol–water partition coefficient (Wildman–Crippen LogP) is 4.80. The van der Waals surface area contributed by atoms with Crippen molar-refractivity contribution in [1.82, 2.24) is 0 Å². The number of hydrogen-bond acceptors (Lipinski definition) is 3. The summed E-state index contributed by atoms with van der Waals surface area (Å²) in [4.78, 5) is 10.5. The first-order chi connectivity index (χ1) is 10.2. The molecule has 1 aliphatic rings. The predicted molar refractivity (Wildman–Crippen MR) is 92.7 cm³/mol. The molecule has 128 valence electrons. The van der Waals surface area contributed by atoms with Crippen molar-refractivity contribution in [2.24, 2.45) is 5.92 Å². The van der Waals surface area contributed by atoms with Crippen molar-refractivity contribution in [3.8, 4) is 0 Å². The first-order valence-corrected chi connectivity index (χ1v) is 8.37. The van der Waals surface area contributed by atoms with E-state index in [2.05, 4.69) is 26.5 Å². The number of carbonyl (C=O) groups is 1. The second-order valence-corrected chi connectivity index (χ2v) is 7.06. The minimum atomic E-state index is -0.398. The standard InChI is InChI=1S/C12H22O.C7H12O2/c1-3-10(2)7-8-11-5-4-6-12(13)9-11;1-5-6(8)9-7(2,3)4/h7,11-13H,3-6,8-9H2,1-2H3;5H,1H2,2-4H3. The number of esters is 1. The largest absolute Gasteiger partial charge is 0.457 e. The quantitative estimate of drug-likeness (QED) is 0.461. The molecule has 0 spiro atoms. The molecule has 1 fully saturated rings. The highest BCUT2D eigenvalue weighted by molar-refractivity contribution is 5.81. The van der Waals surface area contributed by atoms with Crippen LogP contribution in [0.25, 0.3) is 0 Å². The van der Waals surface area contributed by atoms with E-state index in [1.54, 1.807) is 0 Å². The fourth-order valence-electron chi connectivity index (χ4n) is 2.33. The second-order valence-electron chi connectivity index (χ2n) is 7.06. The highest BCUT2D eigenvalue weighted by Crippen LogP contribution is 2.27. The molecule has 2 atom stereocenters. The molecular weight excluding hydrogens is 276 g/mol. The summed E-state index contributed by atoms with van der Waals surface area (Å²) in [5.41, 5.74) is 1.09. The molecule has 2 unspecified atom stereocenters. The molecule has 1 aliphatic carbocycles. The van der Waals surface area contributed by atoms with Gasteiger partial charge in [0, 0.05) is 6.08 Å². The van der Waals surface area contributed by atoms with Crippen LogP contribution in [0.1, 0.15) is 73.1 Å². The lowest BCUT2D eigenvalue weighted by Crippen LogP contribution is -2.22. The normalized spacial score (nSPS) is 22.4. The van der Waals surface area contributed by atoms with Gasteiger partial charge in [0.15, 0.2) is 0 Å². The zero-order valence-corrected chi connectivity index (χ0v) is 15.0. The molecular formula is C19H34O3. The fraction of sp³-hybridized carbons (Fsp3) is 0.737. The molecule has 1 saturated carbocycles. The molecule has 0 radical (unpaired) electrons. The van der Waals surface area contributed by atoms with Gasteiger partial charge < -0.3 is 9.84 Å². The topological polar surface area (TPSA) is 46.5 Å². The summed E-state index contributed by atoms with van der Waals surface area (Å²) in [5, 5.41) is 9.48. The molecule has 1 rings (SSSR count). The van der Waals surface area contributed by atoms with Gasteiger partial charge >= 0.3 is 5.97 Å². The van der Waals surface area contributed by atoms with Crippen molar-refractivity contribution in [2.75, 3.05) is 0 Å². The van der Waals surface area contributed by atoms with Crippen molar-refractivity contribution in [2.45, 2.75) is 84.8 Å². The number of carbonyl (C=O) groups excluding carboxylic acids is 1. The summed E-state index contributed by atoms with van der Waals surface area (Å²) < 4.78 is 4.83. The van der Waals surface area contributed by atoms with Crippen LogP contribution < -0.4 is 0 Å². The second kappa shape index (κ2) is 10.6. The number of hydrogen-bond donors (Lipinski definition) is 1. The lowest BCUT2D eigenvalue weighted by molar-refractivity contribution is -0.148. The van der Waals surface area contributed by atoms with Crippen LogP contribution in [0.5, 0.6) is 0 Å². The van der Waals surface area contributed by atoms with E-state index in [4.69, 9.17) is 4.74 Å². The van der Waals surface area contributed by atoms with Crippen molar-refractivity contribution < 1.29 is 14.6 Å². The van der Waals surface area contributed by atoms with Gasteiger partial charge in [-0.05, 0) is 65.7 Å². The van der Waals surface area contributed by atoms with Gasteiger partial charge in [-0.25, -0.2) is 4.79 Å². The van der Waals surface area contributed by atoms with Crippen molar-refractivity contribution in [3.05, 3.63) is 24.3 Å². The summed E-state index contributed by atoms with van der Waals surface area (Å²) in [6.07, 6.45) is 10.4. The summed E-state index contributed by atoms with van der Waals surface area (Å²) in [6.45, 7) is 13.1. The Kier molecular flexibility index (Phi) is 10.1. The van der Waals surface area contributed by atoms with E-state index < -0.39 is 5.60 Å². The summed E-state index contributed by atoms with van der Waals surface area (Å²) in [6, 6.07) is 0. The first kappa shape index (κ1) is 20.9. The third kappa shape index (κ3) is 11.6. The Morgan fingerprint density at radius 1 is 1.36 bits per heavy atom. The van der Waals surface area contributed by atoms with Gasteiger partial charge in [0.05, 0.1) is 6.10 Å². The highest BCUT2D eigenvalue weighted by atomic mass is 16.6. The molecule has 0 aromatic rings. The summed E-state index contributed by atoms with van der Waals surface area (Å²) in [5.74, 6) is 0.368. The van der Waals surface area contributed by atoms with E-state index >= 15 is 0 Å². The van der Waals surface area contributed by atoms with Crippen LogP contribution in [0.3, 0.4) is 0 Å². The molecule has 1 N–H and O–H groups in total. The average Bonchev–Trinajstić information content (AvgIpc) is 2.43. The van der Waals surface area contributed by atoms with E-state index in [0.717, 1.165) is 31.3 Å². The van der Waals surface area contributed by atoms with E-state index in [1.807, 2.05) is 20.8 Å². The van der Waals surface area contributed by atoms with Gasteiger partial charge in [0.1, 0.15) is 5.60 Å². The highest BCUT2D eigenvalue weighted by Gasteiger charge is 2.18. The zero-order chi connectivity index (χ0) is 17.2. The number of allylic oxidation sites excluding steroid dienone is 2. The molecule has 0 aromatic carbocycles. The summed E-state index contributed by atoms with van der Waals surface area (Å²) >= 11 is 0. The number of ether oxygens (including phenoxy) is 1. The third-order valence-electron chi connectivity index (χ3n) is 3.69. The minimum absolute atomic E-state index is 0.0194. The number of aliphatic hydroxyl groups is 1. The Bertz CT molecular complexity index is 363. The Hall–Kier alpha value is -1.09. The van der Waals surface area contributed by atoms with E-state index in [9.17, 15) is 9.90 Å². The van der Waals surface area contributed by atoms with Crippen LogP contribution in [0.4, 0.5) is 0 Å². The minimum Gasteiger partial charge on any atom is -0.457 e. The van der Waals surface area contributed by atoms with Crippen LogP contribution in [0.2, 0.25) is 0 Å². The molecule has 0 aromatic heterocycles. The van der Waals surface area contributed by atoms with Crippen molar-refractivity contribution in [1.29, 1.82) is 0 Å². The van der Waals surface area contributed by atoms with Crippen LogP contribution in [-0.2, 0) is 9.53 Å². The lowest BCUT2D eigenvalue weighted by Gasteiger charge is -2.24. The third-order valence-corrected chi connectivity index (χ3v) is 3.69. The van der Waals surface area contributed by atoms with E-state index in [-0.39, 0.29) is 12.1 Å². The molecule has 0 heterocycles. The van der Waals surface area contributed by atoms with Gasteiger partial charge in [-0.15, -0.1) is 0 Å². The number of rotatable bonds is 4. The molecule has 0 saturated heterocycles. The van der Waals surface area contributed by atoms with Gasteiger partial charge in [0.25, 0.3) is 0 Å². The lowest BCUT2D eigenvalue weighted by atomic mass is 9.85. The smallest absolute Gasteiger partial charge is 0.330 e. The molecule has 0 amide bonds. The maximum absolute atomic E-state index is 10.5. The molecule has 22 heavy (non-hydrogen) atoms. The van der Waals surface area contributed by atoms with Gasteiger partial charge in [-0.2, -0.15) is 0 Å². The van der Waals surface area contributed by atoms with Gasteiger partial charge in [0.2, 0.25) is 0 Å². The van der Waals surface area contributed by atoms with Crippen LogP contribution >= 0.6 is 0 Å². The van der Waals surface area contributed by atoms with E-state index in [1.165, 1.54) is 24.8 Å². The van der Waals surface area contributed by atoms with Crippen molar-refractivity contribution in [3.63, 3.8) is 0 Å². The fourth-order valence-corrected chi connectivity index (χ4v) is 2.33. The van der Waals surface area contributed by atoms with Crippen LogP contribution in [-0.4, -0.2) is 22.8 Å². The van der Waals surface area contributed by atoms with Crippen molar-refractivity contribution >= 4 is 5.97 Å². The summed E-state index contributed by atoms with van der Waals surface area (Å²) in [7, 11) is 0. The van der Waals surface area contributed by atoms with Crippen LogP contribution in [0.15, 0.2) is 24.3 Å². The molecule has 3 heteroatoms. The number of aliphatic hydroxyl groups excluding tert-OH is 1. The first-order valence-electron chi connectivity index (χ1n) is 8.37. The average molecular weight is 310 g/mol. The zero-order valence-electron chi connectivity index (χ0n) is 15.0. The Labute approximate surface area is 136 Å². The van der Waals surface area contributed by atoms with Gasteiger partial charge in [-0.1, -0.05) is 31.6 Å². The Morgan fingerprint density at radius 2 is 2.00 bits per heavy atom. The molecule has 0 aliphatic heterocycles.